The molecule has 0 aromatic carbocycles. The minimum atomic E-state index is -1.83. The van der Waals surface area contributed by atoms with Gasteiger partial charge in [0.2, 0.25) is 0 Å². The van der Waals surface area contributed by atoms with E-state index >= 15 is 0 Å². The average Bonchev–Trinajstić information content (AvgIpc) is 0.811. The summed E-state index contributed by atoms with van der Waals surface area (Å²) in [6.45, 7) is 0. The molecule has 51 valence electrons. The summed E-state index contributed by atoms with van der Waals surface area (Å²) in [6.07, 6.45) is -1.83. The van der Waals surface area contributed by atoms with Crippen LogP contribution in [0.1, 0.15) is 0 Å². The van der Waals surface area contributed by atoms with E-state index in [1.165, 1.54) is 0 Å². The van der Waals surface area contributed by atoms with Gasteiger partial charge in [-0.3, -0.25) is 0 Å². The van der Waals surface area contributed by atoms with Crippen LogP contribution in [0.3, 0.4) is 0 Å². The Morgan fingerprint density at radius 2 is 1.25 bits per heavy atom. The van der Waals surface area contributed by atoms with Crippen molar-refractivity contribution in [3.05, 3.63) is 0 Å². The van der Waals surface area contributed by atoms with Gasteiger partial charge in [-0.05, 0) is 0 Å². The molecule has 7 heteroatoms. The van der Waals surface area contributed by atoms with Gasteiger partial charge in [0.25, 0.3) is 0 Å². The third-order valence-electron chi connectivity index (χ3n) is 0. The van der Waals surface area contributed by atoms with E-state index < -0.39 is 6.16 Å². The molecule has 0 spiro atoms. The van der Waals surface area contributed by atoms with Crippen molar-refractivity contribution in [2.24, 2.45) is 0 Å². The number of hydrogen-bond acceptors (Lipinski definition) is 1. The first-order chi connectivity index (χ1) is 1.73. The summed E-state index contributed by atoms with van der Waals surface area (Å²) in [5, 5.41) is 13.9. The molecular formula is CH7AlCuO4Zn. The second-order valence-corrected chi connectivity index (χ2v) is 0.283. The van der Waals surface area contributed by atoms with Gasteiger partial charge in [0.15, 0.2) is 17.4 Å². The molecule has 0 amide bonds. The fourth-order valence-corrected chi connectivity index (χ4v) is 0. The summed E-state index contributed by atoms with van der Waals surface area (Å²) in [5.74, 6) is 0. The largest absolute Gasteiger partial charge is 0.503 e. The van der Waals surface area contributed by atoms with Crippen LogP contribution in [0.4, 0.5) is 4.79 Å². The Labute approximate surface area is 80.3 Å². The summed E-state index contributed by atoms with van der Waals surface area (Å²) in [6, 6.07) is 0. The van der Waals surface area contributed by atoms with Crippen molar-refractivity contribution in [3.8, 4) is 0 Å². The van der Waals surface area contributed by atoms with Gasteiger partial charge in [0.1, 0.15) is 0 Å². The van der Waals surface area contributed by atoms with Gasteiger partial charge < -0.3 is 15.7 Å². The normalized spacial score (nSPS) is 3.00. The topological polar surface area (TPSA) is 89.0 Å². The van der Waals surface area contributed by atoms with E-state index in [-0.39, 0.29) is 59.4 Å². The standard InChI is InChI=1S/CH2O3.Al.Cu.H2O.Zn.3H/c2-1(3)4;;;;;;;/h(H2,2,3,4);;;1H2;;;;. The number of carboxylic acid groups (broad SMARTS) is 2. The Morgan fingerprint density at radius 3 is 1.25 bits per heavy atom. The molecule has 0 aliphatic heterocycles. The predicted octanol–water partition coefficient (Wildman–Crippen LogP) is -1.79. The van der Waals surface area contributed by atoms with E-state index in [0.717, 1.165) is 0 Å². The molecule has 0 fully saturated rings. The minimum Gasteiger partial charge on any atom is -0.450 e. The van der Waals surface area contributed by atoms with Crippen molar-refractivity contribution < 1.29 is 57.0 Å². The van der Waals surface area contributed by atoms with Gasteiger partial charge in [-0.1, -0.05) is 0 Å². The smallest absolute Gasteiger partial charge is 0.450 e. The van der Waals surface area contributed by atoms with Gasteiger partial charge in [-0.2, -0.15) is 0 Å². The molecule has 0 bridgehead atoms. The van der Waals surface area contributed by atoms with Crippen LogP contribution in [0.25, 0.3) is 0 Å². The van der Waals surface area contributed by atoms with Crippen molar-refractivity contribution >= 4 is 23.5 Å². The Hall–Kier alpha value is 0.905. The van der Waals surface area contributed by atoms with Crippen LogP contribution in [-0.2, 0) is 36.5 Å². The predicted molar refractivity (Wildman–Crippen MR) is 24.2 cm³/mol. The molecule has 0 aromatic heterocycles. The molecule has 8 heavy (non-hydrogen) atoms. The molecule has 4 N–H and O–H groups in total. The average molecular weight is 239 g/mol. The summed E-state index contributed by atoms with van der Waals surface area (Å²) in [4.78, 5) is 8.56. The molecule has 0 aromatic rings. The Balaban J connectivity index is -0.00000000750. The van der Waals surface area contributed by atoms with Crippen LogP contribution >= 0.6 is 0 Å². The van der Waals surface area contributed by atoms with E-state index in [2.05, 4.69) is 0 Å². The molecule has 0 heterocycles. The molecule has 1 radical (unpaired) electrons. The van der Waals surface area contributed by atoms with Gasteiger partial charge in [0.05, 0.1) is 0 Å². The van der Waals surface area contributed by atoms with E-state index in [1.54, 1.807) is 0 Å². The zero-order chi connectivity index (χ0) is 3.58. The van der Waals surface area contributed by atoms with Crippen LogP contribution < -0.4 is 0 Å². The van der Waals surface area contributed by atoms with E-state index in [1.807, 2.05) is 0 Å². The third-order valence-corrected chi connectivity index (χ3v) is 0. The second kappa shape index (κ2) is 24.7. The van der Waals surface area contributed by atoms with Crippen molar-refractivity contribution in [2.45, 2.75) is 0 Å². The zero-order valence-corrected chi connectivity index (χ0v) is 7.22. The fourth-order valence-electron chi connectivity index (χ4n) is 0. The summed E-state index contributed by atoms with van der Waals surface area (Å²) in [7, 11) is 0. The molecule has 0 saturated carbocycles. The number of rotatable bonds is 0. The van der Waals surface area contributed by atoms with Gasteiger partial charge in [-0.15, -0.1) is 0 Å². The quantitative estimate of drug-likeness (QED) is 0.489. The Morgan fingerprint density at radius 1 is 1.25 bits per heavy atom. The molecular weight excluding hydrogens is 232 g/mol. The maximum atomic E-state index is 8.56. The first-order valence-electron chi connectivity index (χ1n) is 0.651. The van der Waals surface area contributed by atoms with E-state index in [9.17, 15) is 0 Å². The first-order valence-corrected chi connectivity index (χ1v) is 0.651. The van der Waals surface area contributed by atoms with Crippen LogP contribution in [0, 0.1) is 0 Å². The van der Waals surface area contributed by atoms with E-state index in [0.29, 0.717) is 0 Å². The molecule has 0 rings (SSSR count). The number of hydrogen-bond donors (Lipinski definition) is 2. The van der Waals surface area contributed by atoms with Crippen LogP contribution in [-0.4, -0.2) is 39.2 Å². The molecule has 0 saturated heterocycles. The third kappa shape index (κ3) is 294. The van der Waals surface area contributed by atoms with Crippen molar-refractivity contribution in [2.75, 3.05) is 0 Å². The SMILES string of the molecule is O.O=C(O)O.[AlH3].[Cu].[Zn]. The molecule has 4 nitrogen and oxygen atoms in total. The van der Waals surface area contributed by atoms with Crippen molar-refractivity contribution in [1.82, 2.24) is 0 Å². The molecule has 0 aliphatic rings. The van der Waals surface area contributed by atoms with E-state index in [4.69, 9.17) is 15.0 Å². The van der Waals surface area contributed by atoms with Crippen molar-refractivity contribution in [3.63, 3.8) is 0 Å². The first kappa shape index (κ1) is 36.5. The van der Waals surface area contributed by atoms with Crippen molar-refractivity contribution in [1.29, 1.82) is 0 Å². The van der Waals surface area contributed by atoms with Gasteiger partial charge in [-0.25, -0.2) is 4.79 Å². The van der Waals surface area contributed by atoms with Gasteiger partial charge >= 0.3 is 6.16 Å². The zero-order valence-electron chi connectivity index (χ0n) is 3.31. The van der Waals surface area contributed by atoms with Gasteiger partial charge in [0, 0.05) is 36.5 Å². The fraction of sp³-hybridized carbons (Fsp3) is 0. The monoisotopic (exact) mass is 237 g/mol. The molecule has 0 unspecified atom stereocenters. The second-order valence-electron chi connectivity index (χ2n) is 0.283. The van der Waals surface area contributed by atoms with Crippen LogP contribution in [0.5, 0.6) is 0 Å². The minimum absolute atomic E-state index is 0. The Bertz CT molecular complexity index is 39.0. The Kier molecular flexibility index (Phi) is 113. The summed E-state index contributed by atoms with van der Waals surface area (Å²) < 4.78 is 0. The molecule has 0 aliphatic carbocycles. The molecule has 0 atom stereocenters. The summed E-state index contributed by atoms with van der Waals surface area (Å²) in [5.41, 5.74) is 0. The maximum absolute atomic E-state index is 8.56. The van der Waals surface area contributed by atoms with Crippen LogP contribution in [0.2, 0.25) is 0 Å². The number of carbonyl (C=O) groups is 1. The summed E-state index contributed by atoms with van der Waals surface area (Å²) >= 11 is 0. The maximum Gasteiger partial charge on any atom is 0.503 e. The van der Waals surface area contributed by atoms with Crippen LogP contribution in [0.15, 0.2) is 0 Å².